The third-order valence-electron chi connectivity index (χ3n) is 3.87. The van der Waals surface area contributed by atoms with Gasteiger partial charge in [-0.1, -0.05) is 0 Å². The smallest absolute Gasteiger partial charge is 0.406 e. The summed E-state index contributed by atoms with van der Waals surface area (Å²) in [7, 11) is 0. The molecule has 3 nitrogen and oxygen atoms in total. The molecule has 1 atom stereocenters. The lowest BCUT2D eigenvalue weighted by Gasteiger charge is -2.33. The van der Waals surface area contributed by atoms with Gasteiger partial charge in [0.1, 0.15) is 5.75 Å². The minimum atomic E-state index is -4.73. The van der Waals surface area contributed by atoms with E-state index in [0.717, 1.165) is 24.1 Å². The molecule has 1 aromatic heterocycles. The Labute approximate surface area is 135 Å². The monoisotopic (exact) mass is 341 g/mol. The van der Waals surface area contributed by atoms with Crippen molar-refractivity contribution in [2.75, 3.05) is 6.54 Å². The van der Waals surface area contributed by atoms with Gasteiger partial charge in [-0.05, 0) is 54.6 Å². The van der Waals surface area contributed by atoms with Crippen LogP contribution < -0.4 is 4.74 Å². The molecule has 7 heteroatoms. The Morgan fingerprint density at radius 2 is 1.96 bits per heavy atom. The fourth-order valence-corrected chi connectivity index (χ4v) is 3.71. The van der Waals surface area contributed by atoms with Crippen molar-refractivity contribution in [2.45, 2.75) is 25.7 Å². The van der Waals surface area contributed by atoms with Crippen LogP contribution >= 0.6 is 11.3 Å². The number of hydrogen-bond donors (Lipinski definition) is 0. The van der Waals surface area contributed by atoms with Crippen molar-refractivity contribution < 1.29 is 22.7 Å². The molecule has 0 saturated heterocycles. The van der Waals surface area contributed by atoms with Crippen LogP contribution in [0.4, 0.5) is 13.2 Å². The molecule has 1 aliphatic heterocycles. The molecule has 23 heavy (non-hydrogen) atoms. The van der Waals surface area contributed by atoms with Gasteiger partial charge < -0.3 is 9.64 Å². The first-order chi connectivity index (χ1) is 10.8. The van der Waals surface area contributed by atoms with Crippen LogP contribution in [0.15, 0.2) is 35.7 Å². The fraction of sp³-hybridized carbons (Fsp3) is 0.312. The van der Waals surface area contributed by atoms with Gasteiger partial charge in [0.15, 0.2) is 0 Å². The number of alkyl halides is 3. The summed E-state index contributed by atoms with van der Waals surface area (Å²) in [6.07, 6.45) is -3.93. The lowest BCUT2D eigenvalue weighted by atomic mass is 10.0. The normalized spacial score (nSPS) is 17.7. The molecule has 2 heterocycles. The van der Waals surface area contributed by atoms with E-state index in [1.807, 2.05) is 18.4 Å². The molecule has 0 spiro atoms. The predicted octanol–water partition coefficient (Wildman–Crippen LogP) is 4.41. The molecule has 2 aromatic rings. The largest absolute Gasteiger partial charge is 0.573 e. The summed E-state index contributed by atoms with van der Waals surface area (Å²) in [5.41, 5.74) is 1.50. The van der Waals surface area contributed by atoms with E-state index in [2.05, 4.69) is 4.74 Å². The zero-order chi connectivity index (χ0) is 16.6. The Morgan fingerprint density at radius 3 is 2.61 bits per heavy atom. The van der Waals surface area contributed by atoms with Crippen molar-refractivity contribution in [1.29, 1.82) is 0 Å². The van der Waals surface area contributed by atoms with Crippen molar-refractivity contribution >= 4 is 17.2 Å². The molecule has 0 unspecified atom stereocenters. The van der Waals surface area contributed by atoms with Crippen LogP contribution in [0.1, 0.15) is 33.8 Å². The molecule has 1 amide bonds. The van der Waals surface area contributed by atoms with Crippen molar-refractivity contribution in [2.24, 2.45) is 0 Å². The molecule has 1 aliphatic rings. The minimum absolute atomic E-state index is 0.0383. The summed E-state index contributed by atoms with van der Waals surface area (Å²) < 4.78 is 40.3. The molecule has 0 N–H and O–H groups in total. The summed E-state index contributed by atoms with van der Waals surface area (Å²) in [4.78, 5) is 15.6. The zero-order valence-electron chi connectivity index (χ0n) is 12.3. The van der Waals surface area contributed by atoms with Gasteiger partial charge >= 0.3 is 6.36 Å². The van der Waals surface area contributed by atoms with Crippen molar-refractivity contribution in [1.82, 2.24) is 4.90 Å². The maximum atomic E-state index is 12.6. The highest BCUT2D eigenvalue weighted by atomic mass is 32.1. The second-order valence-electron chi connectivity index (χ2n) is 5.30. The van der Waals surface area contributed by atoms with E-state index < -0.39 is 6.36 Å². The maximum absolute atomic E-state index is 12.6. The summed E-state index contributed by atoms with van der Waals surface area (Å²) in [6.45, 7) is 2.57. The average Bonchev–Trinajstić information content (AvgIpc) is 2.95. The number of carbonyl (C=O) groups is 1. The standard InChI is InChI=1S/C16H14F3NO2S/c1-10-13-7-9-23-14(13)6-8-20(10)15(21)11-2-4-12(5-3-11)22-16(17,18)19/h2-5,7,9-10H,6,8H2,1H3/t10-/m0/s1. The lowest BCUT2D eigenvalue weighted by Crippen LogP contribution is -2.38. The summed E-state index contributed by atoms with van der Waals surface area (Å²) in [5.74, 6) is -0.520. The summed E-state index contributed by atoms with van der Waals surface area (Å²) in [5, 5.41) is 2.01. The van der Waals surface area contributed by atoms with E-state index in [4.69, 9.17) is 0 Å². The van der Waals surface area contributed by atoms with Gasteiger partial charge in [0, 0.05) is 17.0 Å². The molecule has 0 aliphatic carbocycles. The number of amides is 1. The minimum Gasteiger partial charge on any atom is -0.406 e. The molecule has 0 radical (unpaired) electrons. The third kappa shape index (κ3) is 3.34. The highest BCUT2D eigenvalue weighted by Crippen LogP contribution is 2.34. The van der Waals surface area contributed by atoms with Crippen molar-refractivity contribution in [3.05, 3.63) is 51.7 Å². The van der Waals surface area contributed by atoms with Crippen LogP contribution in [0.2, 0.25) is 0 Å². The second-order valence-corrected chi connectivity index (χ2v) is 6.30. The van der Waals surface area contributed by atoms with Crippen LogP contribution in [-0.2, 0) is 6.42 Å². The Hall–Kier alpha value is -2.02. The lowest BCUT2D eigenvalue weighted by molar-refractivity contribution is -0.274. The van der Waals surface area contributed by atoms with Gasteiger partial charge in [0.2, 0.25) is 0 Å². The van der Waals surface area contributed by atoms with Crippen LogP contribution in [0.25, 0.3) is 0 Å². The molecule has 3 rings (SSSR count). The van der Waals surface area contributed by atoms with Gasteiger partial charge in [-0.3, -0.25) is 4.79 Å². The summed E-state index contributed by atoms with van der Waals surface area (Å²) in [6, 6.07) is 7.02. The van der Waals surface area contributed by atoms with Crippen LogP contribution in [0.5, 0.6) is 5.75 Å². The first-order valence-electron chi connectivity index (χ1n) is 7.08. The molecular formula is C16H14F3NO2S. The van der Waals surface area contributed by atoms with E-state index in [1.165, 1.54) is 17.0 Å². The Kier molecular flexibility index (Phi) is 4.06. The SMILES string of the molecule is C[C@H]1c2ccsc2CCN1C(=O)c1ccc(OC(F)(F)F)cc1. The number of nitrogens with zero attached hydrogens (tertiary/aromatic N) is 1. The first-order valence-corrected chi connectivity index (χ1v) is 7.96. The van der Waals surface area contributed by atoms with Crippen LogP contribution in [0.3, 0.4) is 0 Å². The molecule has 122 valence electrons. The third-order valence-corrected chi connectivity index (χ3v) is 4.87. The van der Waals surface area contributed by atoms with Crippen LogP contribution in [0, 0.1) is 0 Å². The van der Waals surface area contributed by atoms with Gasteiger partial charge in [0.05, 0.1) is 6.04 Å². The Bertz CT molecular complexity index is 709. The first kappa shape index (κ1) is 15.9. The molecule has 1 aromatic carbocycles. The summed E-state index contributed by atoms with van der Waals surface area (Å²) >= 11 is 1.68. The number of benzene rings is 1. The van der Waals surface area contributed by atoms with Crippen molar-refractivity contribution in [3.8, 4) is 5.75 Å². The number of carbonyl (C=O) groups excluding carboxylic acids is 1. The number of ether oxygens (including phenoxy) is 1. The number of thiophene rings is 1. The Balaban J connectivity index is 1.76. The molecule has 0 bridgehead atoms. The van der Waals surface area contributed by atoms with E-state index >= 15 is 0 Å². The quantitative estimate of drug-likeness (QED) is 0.810. The van der Waals surface area contributed by atoms with Gasteiger partial charge in [-0.2, -0.15) is 0 Å². The maximum Gasteiger partial charge on any atom is 0.573 e. The van der Waals surface area contributed by atoms with E-state index in [1.54, 1.807) is 16.2 Å². The van der Waals surface area contributed by atoms with E-state index in [-0.39, 0.29) is 17.7 Å². The number of rotatable bonds is 2. The predicted molar refractivity (Wildman–Crippen MR) is 80.6 cm³/mol. The molecule has 0 fully saturated rings. The van der Waals surface area contributed by atoms with E-state index in [9.17, 15) is 18.0 Å². The molecule has 0 saturated carbocycles. The van der Waals surface area contributed by atoms with Crippen molar-refractivity contribution in [3.63, 3.8) is 0 Å². The molecular weight excluding hydrogens is 327 g/mol. The fourth-order valence-electron chi connectivity index (χ4n) is 2.75. The average molecular weight is 341 g/mol. The zero-order valence-corrected chi connectivity index (χ0v) is 13.1. The number of fused-ring (bicyclic) bond motifs is 1. The Morgan fingerprint density at radius 1 is 1.26 bits per heavy atom. The van der Waals surface area contributed by atoms with Gasteiger partial charge in [-0.15, -0.1) is 24.5 Å². The number of hydrogen-bond acceptors (Lipinski definition) is 3. The highest BCUT2D eigenvalue weighted by molar-refractivity contribution is 7.10. The van der Waals surface area contributed by atoms with Gasteiger partial charge in [-0.25, -0.2) is 0 Å². The van der Waals surface area contributed by atoms with Gasteiger partial charge in [0.25, 0.3) is 5.91 Å². The second kappa shape index (κ2) is 5.88. The van der Waals surface area contributed by atoms with Crippen LogP contribution in [-0.4, -0.2) is 23.7 Å². The topological polar surface area (TPSA) is 29.5 Å². The van der Waals surface area contributed by atoms with E-state index in [0.29, 0.717) is 12.1 Å². The number of halogens is 3. The highest BCUT2D eigenvalue weighted by Gasteiger charge is 2.32.